The van der Waals surface area contributed by atoms with Gasteiger partial charge in [0.25, 0.3) is 11.8 Å². The molecule has 0 spiro atoms. The van der Waals surface area contributed by atoms with Crippen LogP contribution in [0, 0.1) is 0 Å². The first-order valence-electron chi connectivity index (χ1n) is 5.85. The number of hydrogen-bond donors (Lipinski definition) is 3. The summed E-state index contributed by atoms with van der Waals surface area (Å²) in [4.78, 5) is 23.6. The van der Waals surface area contributed by atoms with E-state index in [9.17, 15) is 9.59 Å². The second kappa shape index (κ2) is 6.03. The third-order valence-corrected chi connectivity index (χ3v) is 3.54. The monoisotopic (exact) mass is 323 g/mol. The van der Waals surface area contributed by atoms with Gasteiger partial charge < -0.3 is 16.8 Å². The lowest BCUT2D eigenvalue weighted by molar-refractivity contribution is 0.100. The zero-order valence-electron chi connectivity index (χ0n) is 10.7. The molecule has 0 unspecified atom stereocenters. The van der Waals surface area contributed by atoms with E-state index >= 15 is 0 Å². The summed E-state index contributed by atoms with van der Waals surface area (Å²) in [5.74, 6) is -1.19. The lowest BCUT2D eigenvalue weighted by atomic mass is 10.1. The number of nitrogen functional groups attached to an aromatic ring is 1. The summed E-state index contributed by atoms with van der Waals surface area (Å²) in [6.45, 7) is 0. The number of carbonyl (C=O) groups excluding carboxylic acids is 2. The number of primary amides is 1. The second-order valence-electron chi connectivity index (χ2n) is 4.23. The molecule has 2 aromatic carbocycles. The Labute approximate surface area is 130 Å². The van der Waals surface area contributed by atoms with Crippen LogP contribution in [0.4, 0.5) is 11.4 Å². The Hall–Kier alpha value is -2.24. The molecule has 0 aliphatic carbocycles. The third-order valence-electron chi connectivity index (χ3n) is 2.74. The highest BCUT2D eigenvalue weighted by Crippen LogP contribution is 2.29. The molecule has 2 aromatic rings. The number of carbonyl (C=O) groups is 2. The summed E-state index contributed by atoms with van der Waals surface area (Å²) in [5.41, 5.74) is 11.8. The summed E-state index contributed by atoms with van der Waals surface area (Å²) in [6, 6.07) is 9.20. The number of anilines is 2. The van der Waals surface area contributed by atoms with Crippen molar-refractivity contribution in [3.63, 3.8) is 0 Å². The fraction of sp³-hybridized carbons (Fsp3) is 0. The molecule has 0 fully saturated rings. The van der Waals surface area contributed by atoms with E-state index in [2.05, 4.69) is 5.32 Å². The Morgan fingerprint density at radius 3 is 2.38 bits per heavy atom. The Kier molecular flexibility index (Phi) is 4.35. The molecule has 5 nitrogen and oxygen atoms in total. The summed E-state index contributed by atoms with van der Waals surface area (Å²) in [6.07, 6.45) is 0. The Bertz CT molecular complexity index is 732. The highest BCUT2D eigenvalue weighted by molar-refractivity contribution is 6.44. The van der Waals surface area contributed by atoms with Crippen LogP contribution in [-0.2, 0) is 0 Å². The molecule has 0 aromatic heterocycles. The number of benzene rings is 2. The van der Waals surface area contributed by atoms with Crippen LogP contribution in [-0.4, -0.2) is 11.8 Å². The van der Waals surface area contributed by atoms with Crippen LogP contribution in [0.2, 0.25) is 10.0 Å². The van der Waals surface area contributed by atoms with Gasteiger partial charge in [-0.3, -0.25) is 9.59 Å². The number of halogens is 2. The van der Waals surface area contributed by atoms with Gasteiger partial charge in [-0.25, -0.2) is 0 Å². The van der Waals surface area contributed by atoms with Gasteiger partial charge in [0.2, 0.25) is 0 Å². The van der Waals surface area contributed by atoms with E-state index in [1.54, 1.807) is 18.2 Å². The minimum Gasteiger partial charge on any atom is -0.399 e. The zero-order chi connectivity index (χ0) is 15.6. The first-order chi connectivity index (χ1) is 9.90. The Morgan fingerprint density at radius 1 is 1.05 bits per heavy atom. The van der Waals surface area contributed by atoms with Crippen LogP contribution in [0.3, 0.4) is 0 Å². The van der Waals surface area contributed by atoms with Crippen LogP contribution in [0.5, 0.6) is 0 Å². The highest BCUT2D eigenvalue weighted by Gasteiger charge is 2.16. The maximum Gasteiger partial charge on any atom is 0.257 e. The van der Waals surface area contributed by atoms with Crippen molar-refractivity contribution in [3.05, 3.63) is 57.6 Å². The van der Waals surface area contributed by atoms with E-state index in [4.69, 9.17) is 34.7 Å². The van der Waals surface area contributed by atoms with Gasteiger partial charge in [-0.15, -0.1) is 0 Å². The molecule has 0 saturated heterocycles. The SMILES string of the molecule is NC(=O)c1ccccc1NC(=O)c1cc(N)cc(Cl)c1Cl. The van der Waals surface area contributed by atoms with Crippen LogP contribution in [0.25, 0.3) is 0 Å². The van der Waals surface area contributed by atoms with E-state index in [0.29, 0.717) is 5.69 Å². The molecule has 0 radical (unpaired) electrons. The largest absolute Gasteiger partial charge is 0.399 e. The third kappa shape index (κ3) is 3.26. The second-order valence-corrected chi connectivity index (χ2v) is 5.01. The van der Waals surface area contributed by atoms with Crippen molar-refractivity contribution in [1.82, 2.24) is 0 Å². The molecule has 21 heavy (non-hydrogen) atoms. The molecule has 0 heterocycles. The van der Waals surface area contributed by atoms with Gasteiger partial charge in [0.05, 0.1) is 26.9 Å². The van der Waals surface area contributed by atoms with Crippen molar-refractivity contribution >= 4 is 46.4 Å². The first kappa shape index (κ1) is 15.2. The van der Waals surface area contributed by atoms with E-state index in [1.807, 2.05) is 0 Å². The smallest absolute Gasteiger partial charge is 0.257 e. The molecule has 5 N–H and O–H groups in total. The minimum atomic E-state index is -0.650. The number of hydrogen-bond acceptors (Lipinski definition) is 3. The summed E-state index contributed by atoms with van der Waals surface area (Å²) < 4.78 is 0. The number of nitrogens with one attached hydrogen (secondary N) is 1. The van der Waals surface area contributed by atoms with Crippen molar-refractivity contribution in [3.8, 4) is 0 Å². The van der Waals surface area contributed by atoms with Gasteiger partial charge in [-0.1, -0.05) is 35.3 Å². The highest BCUT2D eigenvalue weighted by atomic mass is 35.5. The summed E-state index contributed by atoms with van der Waals surface area (Å²) >= 11 is 11.9. The van der Waals surface area contributed by atoms with Gasteiger partial charge in [0.15, 0.2) is 0 Å². The zero-order valence-corrected chi connectivity index (χ0v) is 12.2. The quantitative estimate of drug-likeness (QED) is 0.757. The van der Waals surface area contributed by atoms with Crippen molar-refractivity contribution in [2.45, 2.75) is 0 Å². The predicted octanol–water partition coefficient (Wildman–Crippen LogP) is 2.93. The predicted molar refractivity (Wildman–Crippen MR) is 83.8 cm³/mol. The van der Waals surface area contributed by atoms with Crippen molar-refractivity contribution in [2.24, 2.45) is 5.73 Å². The lowest BCUT2D eigenvalue weighted by Gasteiger charge is -2.11. The summed E-state index contributed by atoms with van der Waals surface area (Å²) in [7, 11) is 0. The van der Waals surface area contributed by atoms with Crippen LogP contribution in [0.1, 0.15) is 20.7 Å². The topological polar surface area (TPSA) is 98.2 Å². The summed E-state index contributed by atoms with van der Waals surface area (Å²) in [5, 5.41) is 2.82. The lowest BCUT2D eigenvalue weighted by Crippen LogP contribution is -2.18. The molecule has 0 aliphatic rings. The Balaban J connectivity index is 2.38. The average Bonchev–Trinajstić information content (AvgIpc) is 2.43. The molecule has 0 atom stereocenters. The molecule has 7 heteroatoms. The molecule has 0 saturated carbocycles. The molecule has 2 amide bonds. The fourth-order valence-corrected chi connectivity index (χ4v) is 2.19. The van der Waals surface area contributed by atoms with Crippen molar-refractivity contribution in [2.75, 3.05) is 11.1 Å². The maximum absolute atomic E-state index is 12.3. The molecular formula is C14H11Cl2N3O2. The normalized spacial score (nSPS) is 10.2. The number of amides is 2. The molecule has 2 rings (SSSR count). The van der Waals surface area contributed by atoms with Gasteiger partial charge >= 0.3 is 0 Å². The van der Waals surface area contributed by atoms with E-state index < -0.39 is 11.8 Å². The van der Waals surface area contributed by atoms with Gasteiger partial charge in [-0.2, -0.15) is 0 Å². The van der Waals surface area contributed by atoms with E-state index in [1.165, 1.54) is 18.2 Å². The van der Waals surface area contributed by atoms with Crippen LogP contribution < -0.4 is 16.8 Å². The van der Waals surface area contributed by atoms with Crippen molar-refractivity contribution in [1.29, 1.82) is 0 Å². The van der Waals surface area contributed by atoms with Gasteiger partial charge in [0, 0.05) is 5.69 Å². The molecule has 0 bridgehead atoms. The molecule has 0 aliphatic heterocycles. The number of rotatable bonds is 3. The number of nitrogens with two attached hydrogens (primary N) is 2. The Morgan fingerprint density at radius 2 is 1.71 bits per heavy atom. The van der Waals surface area contributed by atoms with Gasteiger partial charge in [-0.05, 0) is 24.3 Å². The average molecular weight is 324 g/mol. The molecule has 108 valence electrons. The van der Waals surface area contributed by atoms with Crippen molar-refractivity contribution < 1.29 is 9.59 Å². The van der Waals surface area contributed by atoms with Gasteiger partial charge in [0.1, 0.15) is 0 Å². The van der Waals surface area contributed by atoms with E-state index in [-0.39, 0.29) is 26.9 Å². The van der Waals surface area contributed by atoms with Crippen LogP contribution in [0.15, 0.2) is 36.4 Å². The van der Waals surface area contributed by atoms with E-state index in [0.717, 1.165) is 0 Å². The first-order valence-corrected chi connectivity index (χ1v) is 6.60. The van der Waals surface area contributed by atoms with Crippen LogP contribution >= 0.6 is 23.2 Å². The number of para-hydroxylation sites is 1. The molecular weight excluding hydrogens is 313 g/mol. The fourth-order valence-electron chi connectivity index (χ4n) is 1.77. The maximum atomic E-state index is 12.3. The standard InChI is InChI=1S/C14H11Cl2N3O2/c15-10-6-7(17)5-9(12(10)16)14(21)19-11-4-2-1-3-8(11)13(18)20/h1-6H,17H2,(H2,18,20)(H,19,21). The minimum absolute atomic E-state index is 0.0833.